The molecule has 1 atom stereocenters. The van der Waals surface area contributed by atoms with Gasteiger partial charge >= 0.3 is 0 Å². The molecule has 3 nitrogen and oxygen atoms in total. The number of aryl methyl sites for hydroxylation is 1. The lowest BCUT2D eigenvalue weighted by Crippen LogP contribution is -2.43. The van der Waals surface area contributed by atoms with Crippen molar-refractivity contribution in [1.82, 2.24) is 15.6 Å². The molecule has 1 aliphatic heterocycles. The summed E-state index contributed by atoms with van der Waals surface area (Å²) < 4.78 is 0. The molecule has 1 unspecified atom stereocenters. The third kappa shape index (κ3) is 2.76. The zero-order valence-electron chi connectivity index (χ0n) is 9.51. The number of nitrogens with zero attached hydrogens (tertiary/aromatic N) is 1. The molecule has 15 heavy (non-hydrogen) atoms. The van der Waals surface area contributed by atoms with E-state index in [1.54, 1.807) is 0 Å². The molecule has 0 amide bonds. The fraction of sp³-hybridized carbons (Fsp3) is 0.583. The zero-order chi connectivity index (χ0) is 10.7. The van der Waals surface area contributed by atoms with Crippen LogP contribution in [0.3, 0.4) is 0 Å². The lowest BCUT2D eigenvalue weighted by molar-refractivity contribution is 0.385. The maximum Gasteiger partial charge on any atom is 0.0313 e. The summed E-state index contributed by atoms with van der Waals surface area (Å²) in [4.78, 5) is 4.20. The van der Waals surface area contributed by atoms with Crippen LogP contribution in [0.1, 0.15) is 24.5 Å². The first kappa shape index (κ1) is 10.6. The summed E-state index contributed by atoms with van der Waals surface area (Å²) in [6, 6.07) is 2.19. The topological polar surface area (TPSA) is 37.0 Å². The van der Waals surface area contributed by atoms with Gasteiger partial charge in [0.05, 0.1) is 0 Å². The molecule has 1 saturated heterocycles. The first-order valence-corrected chi connectivity index (χ1v) is 5.54. The van der Waals surface area contributed by atoms with Crippen LogP contribution in [0.4, 0.5) is 0 Å². The van der Waals surface area contributed by atoms with Crippen LogP contribution in [-0.2, 0) is 6.54 Å². The third-order valence-electron chi connectivity index (χ3n) is 3.02. The second-order valence-corrected chi connectivity index (χ2v) is 4.71. The molecule has 2 N–H and O–H groups in total. The van der Waals surface area contributed by atoms with Crippen molar-refractivity contribution in [3.8, 4) is 0 Å². The smallest absolute Gasteiger partial charge is 0.0313 e. The molecule has 3 heteroatoms. The molecule has 0 saturated carbocycles. The number of hydrogen-bond donors (Lipinski definition) is 2. The van der Waals surface area contributed by atoms with Crippen molar-refractivity contribution in [3.05, 3.63) is 29.6 Å². The van der Waals surface area contributed by atoms with E-state index in [4.69, 9.17) is 0 Å². The Bertz CT molecular complexity index is 329. The van der Waals surface area contributed by atoms with E-state index in [1.165, 1.54) is 17.5 Å². The highest BCUT2D eigenvalue weighted by molar-refractivity contribution is 5.16. The minimum atomic E-state index is 0.254. The lowest BCUT2D eigenvalue weighted by atomic mass is 10.0. The molecular weight excluding hydrogens is 186 g/mol. The molecule has 0 aromatic carbocycles. The van der Waals surface area contributed by atoms with Gasteiger partial charge in [-0.2, -0.15) is 0 Å². The van der Waals surface area contributed by atoms with Gasteiger partial charge in [-0.25, -0.2) is 0 Å². The minimum Gasteiger partial charge on any atom is -0.315 e. The van der Waals surface area contributed by atoms with Crippen molar-refractivity contribution < 1.29 is 0 Å². The van der Waals surface area contributed by atoms with E-state index >= 15 is 0 Å². The minimum absolute atomic E-state index is 0.254. The normalized spacial score (nSPS) is 25.7. The average Bonchev–Trinajstić information content (AvgIpc) is 2.63. The molecule has 1 fully saturated rings. The molecule has 1 aromatic rings. The van der Waals surface area contributed by atoms with E-state index in [0.29, 0.717) is 0 Å². The Morgan fingerprint density at radius 2 is 2.40 bits per heavy atom. The van der Waals surface area contributed by atoms with Crippen molar-refractivity contribution >= 4 is 0 Å². The largest absolute Gasteiger partial charge is 0.315 e. The monoisotopic (exact) mass is 205 g/mol. The molecule has 0 radical (unpaired) electrons. The van der Waals surface area contributed by atoms with Gasteiger partial charge < -0.3 is 10.6 Å². The SMILES string of the molecule is Cc1cncc(CNC2(C)CCNC2)c1. The van der Waals surface area contributed by atoms with Gasteiger partial charge in [0.25, 0.3) is 0 Å². The highest BCUT2D eigenvalue weighted by atomic mass is 15.1. The second-order valence-electron chi connectivity index (χ2n) is 4.71. The average molecular weight is 205 g/mol. The standard InChI is InChI=1S/C12H19N3/c1-10-5-11(7-14-6-10)8-15-12(2)3-4-13-9-12/h5-7,13,15H,3-4,8-9H2,1-2H3. The summed E-state index contributed by atoms with van der Waals surface area (Å²) in [7, 11) is 0. The summed E-state index contributed by atoms with van der Waals surface area (Å²) in [6.45, 7) is 7.44. The Kier molecular flexibility index (Phi) is 3.03. The summed E-state index contributed by atoms with van der Waals surface area (Å²) in [6.07, 6.45) is 5.03. The van der Waals surface area contributed by atoms with E-state index in [1.807, 2.05) is 12.4 Å². The van der Waals surface area contributed by atoms with Gasteiger partial charge in [-0.15, -0.1) is 0 Å². The molecule has 1 aromatic heterocycles. The molecule has 82 valence electrons. The summed E-state index contributed by atoms with van der Waals surface area (Å²) >= 11 is 0. The fourth-order valence-electron chi connectivity index (χ4n) is 2.00. The van der Waals surface area contributed by atoms with E-state index in [0.717, 1.165) is 19.6 Å². The highest BCUT2D eigenvalue weighted by Crippen LogP contribution is 2.14. The number of nitrogens with one attached hydrogen (secondary N) is 2. The number of hydrogen-bond acceptors (Lipinski definition) is 3. The van der Waals surface area contributed by atoms with Gasteiger partial charge in [0, 0.05) is 31.0 Å². The highest BCUT2D eigenvalue weighted by Gasteiger charge is 2.27. The maximum atomic E-state index is 4.20. The predicted octanol–water partition coefficient (Wildman–Crippen LogP) is 1.23. The van der Waals surface area contributed by atoms with Crippen LogP contribution in [-0.4, -0.2) is 23.6 Å². The van der Waals surface area contributed by atoms with E-state index in [9.17, 15) is 0 Å². The van der Waals surface area contributed by atoms with Crippen LogP contribution < -0.4 is 10.6 Å². The summed E-state index contributed by atoms with van der Waals surface area (Å²) in [5.74, 6) is 0. The van der Waals surface area contributed by atoms with Crippen LogP contribution in [0.25, 0.3) is 0 Å². The second kappa shape index (κ2) is 4.29. The van der Waals surface area contributed by atoms with Gasteiger partial charge in [0.15, 0.2) is 0 Å². The van der Waals surface area contributed by atoms with Crippen LogP contribution in [0.5, 0.6) is 0 Å². The van der Waals surface area contributed by atoms with Crippen molar-refractivity contribution in [2.75, 3.05) is 13.1 Å². The Morgan fingerprint density at radius 3 is 3.07 bits per heavy atom. The van der Waals surface area contributed by atoms with E-state index < -0.39 is 0 Å². The van der Waals surface area contributed by atoms with Crippen molar-refractivity contribution in [2.45, 2.75) is 32.4 Å². The maximum absolute atomic E-state index is 4.20. The van der Waals surface area contributed by atoms with Crippen LogP contribution >= 0.6 is 0 Å². The molecule has 2 heterocycles. The van der Waals surface area contributed by atoms with Crippen LogP contribution in [0.2, 0.25) is 0 Å². The van der Waals surface area contributed by atoms with Crippen LogP contribution in [0, 0.1) is 6.92 Å². The van der Waals surface area contributed by atoms with Crippen molar-refractivity contribution in [3.63, 3.8) is 0 Å². The molecule has 0 aliphatic carbocycles. The fourth-order valence-corrected chi connectivity index (χ4v) is 2.00. The molecule has 0 bridgehead atoms. The van der Waals surface area contributed by atoms with Gasteiger partial charge in [0.2, 0.25) is 0 Å². The Hall–Kier alpha value is -0.930. The Balaban J connectivity index is 1.92. The Morgan fingerprint density at radius 1 is 1.53 bits per heavy atom. The first-order valence-electron chi connectivity index (χ1n) is 5.54. The van der Waals surface area contributed by atoms with Crippen molar-refractivity contribution in [1.29, 1.82) is 0 Å². The van der Waals surface area contributed by atoms with Gasteiger partial charge in [-0.1, -0.05) is 6.07 Å². The molecule has 1 aliphatic rings. The van der Waals surface area contributed by atoms with Gasteiger partial charge in [0.1, 0.15) is 0 Å². The first-order chi connectivity index (χ1) is 7.18. The molecule has 0 spiro atoms. The number of rotatable bonds is 3. The lowest BCUT2D eigenvalue weighted by Gasteiger charge is -2.24. The van der Waals surface area contributed by atoms with E-state index in [-0.39, 0.29) is 5.54 Å². The van der Waals surface area contributed by atoms with Gasteiger partial charge in [-0.05, 0) is 37.9 Å². The zero-order valence-corrected chi connectivity index (χ0v) is 9.51. The van der Waals surface area contributed by atoms with Crippen molar-refractivity contribution in [2.24, 2.45) is 0 Å². The Labute approximate surface area is 91.3 Å². The number of pyridine rings is 1. The molecular formula is C12H19N3. The predicted molar refractivity (Wildman–Crippen MR) is 61.7 cm³/mol. The number of aromatic nitrogens is 1. The van der Waals surface area contributed by atoms with Crippen LogP contribution in [0.15, 0.2) is 18.5 Å². The third-order valence-corrected chi connectivity index (χ3v) is 3.02. The quantitative estimate of drug-likeness (QED) is 0.779. The van der Waals surface area contributed by atoms with Gasteiger partial charge in [-0.3, -0.25) is 4.98 Å². The van der Waals surface area contributed by atoms with E-state index in [2.05, 4.69) is 35.5 Å². The summed E-state index contributed by atoms with van der Waals surface area (Å²) in [5, 5.41) is 6.98. The summed E-state index contributed by atoms with van der Waals surface area (Å²) in [5.41, 5.74) is 2.75. The molecule has 2 rings (SSSR count).